The second-order valence-corrected chi connectivity index (χ2v) is 7.86. The zero-order valence-corrected chi connectivity index (χ0v) is 17.6. The van der Waals surface area contributed by atoms with Gasteiger partial charge in [-0.25, -0.2) is 9.78 Å². The van der Waals surface area contributed by atoms with E-state index in [1.54, 1.807) is 11.6 Å². The van der Waals surface area contributed by atoms with Crippen LogP contribution in [-0.2, 0) is 25.8 Å². The van der Waals surface area contributed by atoms with E-state index in [9.17, 15) is 9.59 Å². The van der Waals surface area contributed by atoms with Crippen molar-refractivity contribution in [3.8, 4) is 0 Å². The molecule has 0 fully saturated rings. The van der Waals surface area contributed by atoms with Crippen LogP contribution in [0.1, 0.15) is 37.0 Å². The highest BCUT2D eigenvalue weighted by molar-refractivity contribution is 7.98. The maximum Gasteiger partial charge on any atom is 0.330 e. The summed E-state index contributed by atoms with van der Waals surface area (Å²) in [6, 6.07) is 9.91. The third-order valence-corrected chi connectivity index (χ3v) is 5.63. The summed E-state index contributed by atoms with van der Waals surface area (Å²) in [6.45, 7) is 2.56. The van der Waals surface area contributed by atoms with Gasteiger partial charge in [-0.2, -0.15) is 0 Å². The number of imidazole rings is 1. The van der Waals surface area contributed by atoms with Gasteiger partial charge in [-0.15, -0.1) is 10.2 Å². The zero-order chi connectivity index (χ0) is 21.1. The highest BCUT2D eigenvalue weighted by Crippen LogP contribution is 2.23. The van der Waals surface area contributed by atoms with Crippen molar-refractivity contribution in [2.24, 2.45) is 7.05 Å². The number of hydrogen-bond acceptors (Lipinski definition) is 7. The Morgan fingerprint density at radius 3 is 2.73 bits per heavy atom. The van der Waals surface area contributed by atoms with Crippen LogP contribution >= 0.6 is 11.8 Å². The Kier molecular flexibility index (Phi) is 5.84. The number of aryl methyl sites for hydroxylation is 2. The third-order valence-electron chi connectivity index (χ3n) is 4.81. The lowest BCUT2D eigenvalue weighted by molar-refractivity contribution is 0.420. The topological polar surface area (TPSA) is 112 Å². The van der Waals surface area contributed by atoms with Crippen molar-refractivity contribution in [3.63, 3.8) is 0 Å². The van der Waals surface area contributed by atoms with E-state index in [2.05, 4.69) is 20.2 Å². The number of benzene rings is 1. The van der Waals surface area contributed by atoms with Crippen molar-refractivity contribution >= 4 is 22.9 Å². The molecule has 0 aliphatic heterocycles. The highest BCUT2D eigenvalue weighted by atomic mass is 32.2. The Balaban J connectivity index is 1.55. The Bertz CT molecular complexity index is 1270. The molecule has 4 rings (SSSR count). The Hall–Kier alpha value is -3.14. The predicted molar refractivity (Wildman–Crippen MR) is 114 cm³/mol. The molecule has 0 unspecified atom stereocenters. The minimum Gasteiger partial charge on any atom is -0.416 e. The van der Waals surface area contributed by atoms with Gasteiger partial charge < -0.3 is 8.98 Å². The van der Waals surface area contributed by atoms with Gasteiger partial charge in [0.2, 0.25) is 5.89 Å². The van der Waals surface area contributed by atoms with E-state index in [4.69, 9.17) is 4.42 Å². The lowest BCUT2D eigenvalue weighted by atomic mass is 10.2. The van der Waals surface area contributed by atoms with Gasteiger partial charge in [0.25, 0.3) is 10.8 Å². The lowest BCUT2D eigenvalue weighted by Crippen LogP contribution is -2.31. The first-order valence-corrected chi connectivity index (χ1v) is 10.7. The smallest absolute Gasteiger partial charge is 0.330 e. The van der Waals surface area contributed by atoms with Gasteiger partial charge in [0.15, 0.2) is 11.2 Å². The summed E-state index contributed by atoms with van der Waals surface area (Å²) in [5, 5.41) is 8.62. The number of hydrogen-bond donors (Lipinski definition) is 1. The molecule has 1 N–H and O–H groups in total. The molecule has 3 aromatic heterocycles. The van der Waals surface area contributed by atoms with E-state index in [0.717, 1.165) is 18.4 Å². The SMILES string of the molecule is CCCCn1c(=O)[nH]c(=O)c2c1nc(CSc1nnc(Cc3ccccc3)o1)n2C. The number of unbranched alkanes of at least 4 members (excludes halogenated alkanes) is 1. The average molecular weight is 427 g/mol. The van der Waals surface area contributed by atoms with Crippen LogP contribution in [0.5, 0.6) is 0 Å². The van der Waals surface area contributed by atoms with Crippen LogP contribution < -0.4 is 11.2 Å². The zero-order valence-electron chi connectivity index (χ0n) is 16.8. The molecule has 0 aliphatic rings. The molecule has 0 bridgehead atoms. The summed E-state index contributed by atoms with van der Waals surface area (Å²) in [4.78, 5) is 31.5. The van der Waals surface area contributed by atoms with Gasteiger partial charge in [-0.3, -0.25) is 14.3 Å². The van der Waals surface area contributed by atoms with Crippen LogP contribution in [0.15, 0.2) is 49.6 Å². The Morgan fingerprint density at radius 1 is 1.17 bits per heavy atom. The molecule has 156 valence electrons. The maximum atomic E-state index is 12.3. The molecule has 0 saturated carbocycles. The summed E-state index contributed by atoms with van der Waals surface area (Å²) in [6.07, 6.45) is 2.33. The van der Waals surface area contributed by atoms with Crippen LogP contribution in [0, 0.1) is 0 Å². The van der Waals surface area contributed by atoms with Crippen LogP contribution in [0.3, 0.4) is 0 Å². The second kappa shape index (κ2) is 8.70. The van der Waals surface area contributed by atoms with Crippen molar-refractivity contribution in [2.75, 3.05) is 0 Å². The van der Waals surface area contributed by atoms with Gasteiger partial charge in [0, 0.05) is 13.6 Å². The van der Waals surface area contributed by atoms with Crippen LogP contribution in [0.2, 0.25) is 0 Å². The van der Waals surface area contributed by atoms with E-state index < -0.39 is 11.2 Å². The Morgan fingerprint density at radius 2 is 1.97 bits per heavy atom. The van der Waals surface area contributed by atoms with Gasteiger partial charge in [0.05, 0.1) is 12.2 Å². The molecule has 3 heterocycles. The normalized spacial score (nSPS) is 11.4. The number of rotatable bonds is 8. The van der Waals surface area contributed by atoms with Crippen LogP contribution in [0.25, 0.3) is 11.2 Å². The molecule has 0 saturated heterocycles. The summed E-state index contributed by atoms with van der Waals surface area (Å²) < 4.78 is 8.96. The maximum absolute atomic E-state index is 12.3. The highest BCUT2D eigenvalue weighted by Gasteiger charge is 2.17. The third kappa shape index (κ3) is 4.09. The minimum absolute atomic E-state index is 0.386. The molecule has 1 aromatic carbocycles. The quantitative estimate of drug-likeness (QED) is 0.431. The van der Waals surface area contributed by atoms with E-state index in [1.807, 2.05) is 37.3 Å². The molecular formula is C20H22N6O3S. The first kappa shape index (κ1) is 20.1. The number of nitrogens with zero attached hydrogens (tertiary/aromatic N) is 5. The van der Waals surface area contributed by atoms with E-state index in [0.29, 0.717) is 46.8 Å². The van der Waals surface area contributed by atoms with Crippen molar-refractivity contribution < 1.29 is 4.42 Å². The summed E-state index contributed by atoms with van der Waals surface area (Å²) in [5.74, 6) is 1.62. The lowest BCUT2D eigenvalue weighted by Gasteiger charge is -2.04. The molecule has 10 heteroatoms. The number of aromatic amines is 1. The first-order chi connectivity index (χ1) is 14.6. The standard InChI is InChI=1S/C20H22N6O3S/c1-3-4-10-26-17-16(18(27)22-19(26)28)25(2)14(21-17)12-30-20-24-23-15(29-20)11-13-8-6-5-7-9-13/h5-9H,3-4,10-12H2,1-2H3,(H,22,27,28). The van der Waals surface area contributed by atoms with Crippen LogP contribution in [-0.4, -0.2) is 29.3 Å². The van der Waals surface area contributed by atoms with Crippen molar-refractivity contribution in [1.82, 2.24) is 29.3 Å². The van der Waals surface area contributed by atoms with Crippen LogP contribution in [0.4, 0.5) is 0 Å². The van der Waals surface area contributed by atoms with Gasteiger partial charge in [0.1, 0.15) is 5.82 Å². The summed E-state index contributed by atoms with van der Waals surface area (Å²) in [7, 11) is 1.77. The molecule has 30 heavy (non-hydrogen) atoms. The number of aromatic nitrogens is 6. The monoisotopic (exact) mass is 426 g/mol. The van der Waals surface area contributed by atoms with E-state index in [1.165, 1.54) is 16.3 Å². The molecular weight excluding hydrogens is 404 g/mol. The fourth-order valence-corrected chi connectivity index (χ4v) is 3.97. The van der Waals surface area contributed by atoms with Crippen molar-refractivity contribution in [2.45, 2.75) is 43.7 Å². The molecule has 0 aliphatic carbocycles. The predicted octanol–water partition coefficient (Wildman–Crippen LogP) is 2.49. The number of fused-ring (bicyclic) bond motifs is 1. The number of H-pyrrole nitrogens is 1. The largest absolute Gasteiger partial charge is 0.416 e. The molecule has 9 nitrogen and oxygen atoms in total. The first-order valence-electron chi connectivity index (χ1n) is 9.74. The summed E-state index contributed by atoms with van der Waals surface area (Å²) in [5.41, 5.74) is 1.03. The second-order valence-electron chi connectivity index (χ2n) is 6.94. The van der Waals surface area contributed by atoms with E-state index in [-0.39, 0.29) is 0 Å². The van der Waals surface area contributed by atoms with Crippen molar-refractivity contribution in [3.05, 3.63) is 68.4 Å². The van der Waals surface area contributed by atoms with Gasteiger partial charge in [-0.05, 0) is 12.0 Å². The fourth-order valence-electron chi connectivity index (χ4n) is 3.21. The molecule has 4 aromatic rings. The Labute approximate surface area is 176 Å². The molecule has 0 spiro atoms. The van der Waals surface area contributed by atoms with Crippen molar-refractivity contribution in [1.29, 1.82) is 0 Å². The molecule has 0 radical (unpaired) electrons. The number of nitrogens with one attached hydrogen (secondary N) is 1. The minimum atomic E-state index is -0.433. The van der Waals surface area contributed by atoms with Gasteiger partial charge >= 0.3 is 5.69 Å². The molecule has 0 atom stereocenters. The number of thioether (sulfide) groups is 1. The summed E-state index contributed by atoms with van der Waals surface area (Å²) >= 11 is 1.34. The van der Waals surface area contributed by atoms with Gasteiger partial charge in [-0.1, -0.05) is 55.4 Å². The van der Waals surface area contributed by atoms with E-state index >= 15 is 0 Å². The molecule has 0 amide bonds. The average Bonchev–Trinajstić information content (AvgIpc) is 3.31. The fraction of sp³-hybridized carbons (Fsp3) is 0.350.